The number of carbonyl (C=O) groups excluding carboxylic acids is 1. The molecule has 0 amide bonds. The van der Waals surface area contributed by atoms with Gasteiger partial charge in [-0.15, -0.1) is 0 Å². The number of benzene rings is 2. The molecule has 28 heavy (non-hydrogen) atoms. The van der Waals surface area contributed by atoms with Crippen LogP contribution in [0.15, 0.2) is 42.5 Å². The van der Waals surface area contributed by atoms with E-state index in [0.717, 1.165) is 11.3 Å². The van der Waals surface area contributed by atoms with Gasteiger partial charge in [0.25, 0.3) is 0 Å². The van der Waals surface area contributed by atoms with E-state index in [-0.39, 0.29) is 12.3 Å². The van der Waals surface area contributed by atoms with Crippen molar-refractivity contribution in [3.63, 3.8) is 0 Å². The minimum atomic E-state index is -0.487. The maximum Gasteiger partial charge on any atom is 0.359 e. The van der Waals surface area contributed by atoms with E-state index in [1.165, 1.54) is 0 Å². The Morgan fingerprint density at radius 3 is 2.71 bits per heavy atom. The van der Waals surface area contributed by atoms with Gasteiger partial charge in [0.15, 0.2) is 5.69 Å². The summed E-state index contributed by atoms with van der Waals surface area (Å²) < 4.78 is 12.4. The first kappa shape index (κ1) is 19.8. The molecule has 6 nitrogen and oxygen atoms in total. The Labute approximate surface area is 168 Å². The van der Waals surface area contributed by atoms with Crippen LogP contribution >= 0.6 is 11.6 Å². The number of nitrogen functional groups attached to an aromatic ring is 1. The van der Waals surface area contributed by atoms with Crippen molar-refractivity contribution in [2.24, 2.45) is 7.05 Å². The highest BCUT2D eigenvalue weighted by atomic mass is 35.5. The molecule has 0 aliphatic carbocycles. The highest BCUT2D eigenvalue weighted by Crippen LogP contribution is 2.32. The second kappa shape index (κ2) is 8.35. The second-order valence-corrected chi connectivity index (χ2v) is 6.70. The molecule has 0 radical (unpaired) electrons. The van der Waals surface area contributed by atoms with Crippen molar-refractivity contribution in [2.75, 3.05) is 19.5 Å². The van der Waals surface area contributed by atoms with Gasteiger partial charge in [0.1, 0.15) is 11.6 Å². The fourth-order valence-electron chi connectivity index (χ4n) is 3.07. The van der Waals surface area contributed by atoms with Crippen LogP contribution in [0.25, 0.3) is 11.3 Å². The van der Waals surface area contributed by atoms with E-state index in [4.69, 9.17) is 26.8 Å². The summed E-state index contributed by atoms with van der Waals surface area (Å²) in [5.74, 6) is 0.986. The van der Waals surface area contributed by atoms with Crippen LogP contribution < -0.4 is 10.5 Å². The molecule has 0 fully saturated rings. The highest BCUT2D eigenvalue weighted by molar-refractivity contribution is 6.31. The normalized spacial score (nSPS) is 10.7. The topological polar surface area (TPSA) is 79.4 Å². The van der Waals surface area contributed by atoms with Gasteiger partial charge in [0, 0.05) is 29.7 Å². The summed E-state index contributed by atoms with van der Waals surface area (Å²) in [5.41, 5.74) is 9.16. The van der Waals surface area contributed by atoms with E-state index in [2.05, 4.69) is 4.98 Å². The van der Waals surface area contributed by atoms with Crippen LogP contribution in [0.4, 0.5) is 5.69 Å². The molecular formula is C21H22ClN3O3. The van der Waals surface area contributed by atoms with Gasteiger partial charge in [0.2, 0.25) is 0 Å². The minimum absolute atomic E-state index is 0.233. The molecule has 0 saturated heterocycles. The van der Waals surface area contributed by atoms with Crippen molar-refractivity contribution < 1.29 is 14.3 Å². The van der Waals surface area contributed by atoms with Gasteiger partial charge in [-0.1, -0.05) is 23.7 Å². The Hall–Kier alpha value is -2.99. The van der Waals surface area contributed by atoms with Crippen molar-refractivity contribution >= 4 is 23.3 Å². The molecule has 1 heterocycles. The summed E-state index contributed by atoms with van der Waals surface area (Å²) in [6.45, 7) is 2.02. The van der Waals surface area contributed by atoms with E-state index in [1.807, 2.05) is 35.9 Å². The van der Waals surface area contributed by atoms with Crippen LogP contribution in [0, 0.1) is 0 Å². The number of hydrogen-bond donors (Lipinski definition) is 1. The van der Waals surface area contributed by atoms with Gasteiger partial charge >= 0.3 is 5.97 Å². The summed E-state index contributed by atoms with van der Waals surface area (Å²) >= 11 is 6.03. The van der Waals surface area contributed by atoms with Crippen molar-refractivity contribution in [1.29, 1.82) is 0 Å². The maximum atomic E-state index is 12.6. The van der Waals surface area contributed by atoms with E-state index < -0.39 is 5.97 Å². The zero-order valence-corrected chi connectivity index (χ0v) is 16.8. The number of ether oxygens (including phenoxy) is 2. The summed E-state index contributed by atoms with van der Waals surface area (Å²) in [6.07, 6.45) is 0.521. The summed E-state index contributed by atoms with van der Waals surface area (Å²) in [6, 6.07) is 12.9. The number of methoxy groups -OCH3 is 1. The highest BCUT2D eigenvalue weighted by Gasteiger charge is 2.24. The molecule has 0 saturated carbocycles. The fraction of sp³-hybridized carbons (Fsp3) is 0.238. The molecule has 2 aromatic carbocycles. The van der Waals surface area contributed by atoms with E-state index in [9.17, 15) is 4.79 Å². The minimum Gasteiger partial charge on any atom is -0.497 e. The Bertz CT molecular complexity index is 1010. The number of anilines is 1. The van der Waals surface area contributed by atoms with Gasteiger partial charge in [-0.25, -0.2) is 9.78 Å². The van der Waals surface area contributed by atoms with Crippen LogP contribution in [0.5, 0.6) is 5.75 Å². The van der Waals surface area contributed by atoms with Crippen molar-refractivity contribution in [3.8, 4) is 17.0 Å². The first-order valence-electron chi connectivity index (χ1n) is 8.85. The standard InChI is InChI=1S/C21H22ClN3O3/c1-4-28-21(26)19-20(16-9-8-14(22)12-17(16)23)25(2)18(24-19)11-13-6-5-7-15(10-13)27-3/h5-10,12H,4,11,23H2,1-3H3. The SMILES string of the molecule is CCOC(=O)c1nc(Cc2cccc(OC)c2)n(C)c1-c1ccc(Cl)cc1N. The van der Waals surface area contributed by atoms with Gasteiger partial charge in [0.05, 0.1) is 19.4 Å². The van der Waals surface area contributed by atoms with Crippen molar-refractivity contribution in [3.05, 3.63) is 64.6 Å². The average Bonchev–Trinajstić information content (AvgIpc) is 2.99. The first-order valence-corrected chi connectivity index (χ1v) is 9.23. The maximum absolute atomic E-state index is 12.6. The van der Waals surface area contributed by atoms with Gasteiger partial charge < -0.3 is 19.8 Å². The first-order chi connectivity index (χ1) is 13.4. The zero-order valence-electron chi connectivity index (χ0n) is 16.0. The molecule has 0 aliphatic rings. The quantitative estimate of drug-likeness (QED) is 0.498. The smallest absolute Gasteiger partial charge is 0.359 e. The van der Waals surface area contributed by atoms with Gasteiger partial charge in [-0.05, 0) is 42.8 Å². The Morgan fingerprint density at radius 1 is 1.25 bits per heavy atom. The zero-order chi connectivity index (χ0) is 20.3. The Kier molecular flexibility index (Phi) is 5.90. The third-order valence-corrected chi connectivity index (χ3v) is 4.66. The van der Waals surface area contributed by atoms with Gasteiger partial charge in [-0.2, -0.15) is 0 Å². The predicted octanol–water partition coefficient (Wildman–Crippen LogP) is 4.10. The molecule has 0 spiro atoms. The predicted molar refractivity (Wildman–Crippen MR) is 110 cm³/mol. The third kappa shape index (κ3) is 3.97. The molecule has 0 bridgehead atoms. The molecule has 0 aliphatic heterocycles. The number of esters is 1. The molecule has 1 aromatic heterocycles. The van der Waals surface area contributed by atoms with Crippen LogP contribution in [0.1, 0.15) is 28.8 Å². The molecule has 0 atom stereocenters. The largest absolute Gasteiger partial charge is 0.497 e. The van der Waals surface area contributed by atoms with E-state index in [1.54, 1.807) is 32.2 Å². The van der Waals surface area contributed by atoms with Crippen molar-refractivity contribution in [2.45, 2.75) is 13.3 Å². The monoisotopic (exact) mass is 399 g/mol. The van der Waals surface area contributed by atoms with Crippen LogP contribution in [-0.4, -0.2) is 29.2 Å². The summed E-state index contributed by atoms with van der Waals surface area (Å²) in [7, 11) is 3.48. The number of imidazole rings is 1. The average molecular weight is 400 g/mol. The summed E-state index contributed by atoms with van der Waals surface area (Å²) in [4.78, 5) is 17.1. The number of nitrogens with zero attached hydrogens (tertiary/aromatic N) is 2. The molecule has 0 unspecified atom stereocenters. The lowest BCUT2D eigenvalue weighted by Gasteiger charge is -2.11. The number of nitrogens with two attached hydrogens (primary N) is 1. The number of carbonyl (C=O) groups is 1. The van der Waals surface area contributed by atoms with Gasteiger partial charge in [-0.3, -0.25) is 0 Å². The summed E-state index contributed by atoms with van der Waals surface area (Å²) in [5, 5.41) is 0.526. The lowest BCUT2D eigenvalue weighted by molar-refractivity contribution is 0.0521. The second-order valence-electron chi connectivity index (χ2n) is 6.26. The lowest BCUT2D eigenvalue weighted by atomic mass is 10.1. The third-order valence-electron chi connectivity index (χ3n) is 4.42. The molecule has 3 rings (SSSR count). The van der Waals surface area contributed by atoms with E-state index in [0.29, 0.717) is 34.2 Å². The number of rotatable bonds is 6. The number of hydrogen-bond acceptors (Lipinski definition) is 5. The number of aromatic nitrogens is 2. The van der Waals surface area contributed by atoms with Crippen molar-refractivity contribution in [1.82, 2.24) is 9.55 Å². The molecule has 3 aromatic rings. The molecule has 146 valence electrons. The van der Waals surface area contributed by atoms with Crippen LogP contribution in [-0.2, 0) is 18.2 Å². The lowest BCUT2D eigenvalue weighted by Crippen LogP contribution is -2.08. The molecule has 2 N–H and O–H groups in total. The van der Waals surface area contributed by atoms with Crippen LogP contribution in [0.2, 0.25) is 5.02 Å². The molecular weight excluding hydrogens is 378 g/mol. The Morgan fingerprint density at radius 2 is 2.04 bits per heavy atom. The molecule has 7 heteroatoms. The van der Waals surface area contributed by atoms with E-state index >= 15 is 0 Å². The fourth-order valence-corrected chi connectivity index (χ4v) is 3.25. The number of halogens is 1. The Balaban J connectivity index is 2.10. The van der Waals surface area contributed by atoms with Crippen LogP contribution in [0.3, 0.4) is 0 Å².